The van der Waals surface area contributed by atoms with Crippen molar-refractivity contribution in [3.8, 4) is 11.5 Å². The summed E-state index contributed by atoms with van der Waals surface area (Å²) in [7, 11) is 3.89. The lowest BCUT2D eigenvalue weighted by atomic mass is 10.2. The third-order valence-electron chi connectivity index (χ3n) is 6.78. The SMILES string of the molecule is CN1CCCN(C)C(=O)COc2cc(ccc2OCCN2CCOCC2)Nc2ncnc3[nH]cc(c23)C1. The molecule has 2 aromatic heterocycles. The molecule has 0 unspecified atom stereocenters. The van der Waals surface area contributed by atoms with Gasteiger partial charge in [0.05, 0.1) is 18.6 Å². The third kappa shape index (κ3) is 6.30. The zero-order chi connectivity index (χ0) is 25.6. The first-order valence-electron chi connectivity index (χ1n) is 12.8. The number of nitrogens with zero attached hydrogens (tertiary/aromatic N) is 5. The molecule has 11 nitrogen and oxygen atoms in total. The van der Waals surface area contributed by atoms with Gasteiger partial charge in [0.1, 0.15) is 24.4 Å². The molecule has 5 rings (SSSR count). The van der Waals surface area contributed by atoms with Crippen LogP contribution < -0.4 is 14.8 Å². The smallest absolute Gasteiger partial charge is 0.260 e. The summed E-state index contributed by atoms with van der Waals surface area (Å²) in [6.07, 6.45) is 4.38. The van der Waals surface area contributed by atoms with Gasteiger partial charge in [0.25, 0.3) is 5.91 Å². The predicted octanol–water partition coefficient (Wildman–Crippen LogP) is 2.09. The van der Waals surface area contributed by atoms with Crippen molar-refractivity contribution < 1.29 is 19.0 Å². The third-order valence-corrected chi connectivity index (χ3v) is 6.78. The maximum Gasteiger partial charge on any atom is 0.260 e. The highest BCUT2D eigenvalue weighted by molar-refractivity contribution is 5.92. The molecule has 1 fully saturated rings. The second-order valence-electron chi connectivity index (χ2n) is 9.54. The van der Waals surface area contributed by atoms with Crippen molar-refractivity contribution in [2.45, 2.75) is 13.0 Å². The Labute approximate surface area is 216 Å². The highest BCUT2D eigenvalue weighted by Gasteiger charge is 2.18. The van der Waals surface area contributed by atoms with Crippen LogP contribution in [0.3, 0.4) is 0 Å². The Morgan fingerprint density at radius 2 is 1.97 bits per heavy atom. The van der Waals surface area contributed by atoms with Gasteiger partial charge in [-0.1, -0.05) is 0 Å². The van der Waals surface area contributed by atoms with E-state index in [9.17, 15) is 4.79 Å². The van der Waals surface area contributed by atoms with Crippen molar-refractivity contribution in [3.63, 3.8) is 0 Å². The molecule has 1 amide bonds. The Balaban J connectivity index is 1.41. The van der Waals surface area contributed by atoms with Gasteiger partial charge in [-0.05, 0) is 37.7 Å². The summed E-state index contributed by atoms with van der Waals surface area (Å²) in [5, 5.41) is 4.38. The number of hydrogen-bond donors (Lipinski definition) is 2. The standard InChI is InChI=1S/C26H35N7O4/c1-31-6-3-7-32(2)23(34)17-37-22-14-20(4-5-21(22)36-13-10-33-8-11-35-12-9-33)30-26-24-19(16-31)15-27-25(24)28-18-29-26/h4-5,14-15,18H,3,6-13,16-17H2,1-2H3,(H2,27,28,29,30). The van der Waals surface area contributed by atoms with Crippen molar-refractivity contribution in [2.24, 2.45) is 0 Å². The first-order valence-corrected chi connectivity index (χ1v) is 12.8. The van der Waals surface area contributed by atoms with Crippen molar-refractivity contribution in [2.75, 3.05) is 78.6 Å². The van der Waals surface area contributed by atoms with Gasteiger partial charge in [0.2, 0.25) is 0 Å². The summed E-state index contributed by atoms with van der Waals surface area (Å²) in [6, 6.07) is 5.66. The Hall–Kier alpha value is -3.41. The van der Waals surface area contributed by atoms with Gasteiger partial charge in [-0.25, -0.2) is 9.97 Å². The normalized spacial score (nSPS) is 18.4. The van der Waals surface area contributed by atoms with Crippen LogP contribution in [-0.2, 0) is 16.1 Å². The van der Waals surface area contributed by atoms with E-state index in [1.807, 2.05) is 31.4 Å². The molecule has 0 saturated carbocycles. The fraction of sp³-hybridized carbons (Fsp3) is 0.500. The number of H-pyrrole nitrogens is 1. The van der Waals surface area contributed by atoms with Crippen LogP contribution in [0.25, 0.3) is 11.0 Å². The number of carbonyl (C=O) groups excluding carboxylic acids is 1. The maximum absolute atomic E-state index is 12.8. The average molecular weight is 510 g/mol. The van der Waals surface area contributed by atoms with Gasteiger partial charge in [-0.3, -0.25) is 9.69 Å². The highest BCUT2D eigenvalue weighted by atomic mass is 16.5. The molecule has 1 aromatic carbocycles. The molecule has 0 aliphatic carbocycles. The molecular formula is C26H35N7O4. The molecule has 4 heterocycles. The molecule has 2 aliphatic heterocycles. The molecule has 11 heteroatoms. The van der Waals surface area contributed by atoms with E-state index in [0.717, 1.165) is 74.6 Å². The number of rotatable bonds is 4. The Bertz CT molecular complexity index is 1210. The number of nitrogens with one attached hydrogen (secondary N) is 2. The first kappa shape index (κ1) is 25.2. The molecule has 1 saturated heterocycles. The maximum atomic E-state index is 12.8. The lowest BCUT2D eigenvalue weighted by molar-refractivity contribution is -0.132. The summed E-state index contributed by atoms with van der Waals surface area (Å²) in [5.74, 6) is 1.76. The Morgan fingerprint density at radius 3 is 2.84 bits per heavy atom. The van der Waals surface area contributed by atoms with E-state index in [2.05, 4.69) is 37.1 Å². The van der Waals surface area contributed by atoms with Crippen molar-refractivity contribution >= 4 is 28.4 Å². The number of morpholine rings is 1. The largest absolute Gasteiger partial charge is 0.488 e. The van der Waals surface area contributed by atoms with Gasteiger partial charge in [0.15, 0.2) is 18.1 Å². The number of benzene rings is 1. The number of anilines is 2. The minimum absolute atomic E-state index is 0.0602. The summed E-state index contributed by atoms with van der Waals surface area (Å²) in [4.78, 5) is 31.2. The molecule has 2 N–H and O–H groups in total. The van der Waals surface area contributed by atoms with Crippen LogP contribution in [0, 0.1) is 0 Å². The number of fused-ring (bicyclic) bond motifs is 2. The molecule has 0 spiro atoms. The van der Waals surface area contributed by atoms with Crippen molar-refractivity contribution in [1.29, 1.82) is 0 Å². The first-order chi connectivity index (χ1) is 18.1. The fourth-order valence-electron chi connectivity index (χ4n) is 4.63. The second kappa shape index (κ2) is 11.8. The van der Waals surface area contributed by atoms with Crippen molar-refractivity contribution in [1.82, 2.24) is 29.7 Å². The minimum Gasteiger partial charge on any atom is -0.488 e. The van der Waals surface area contributed by atoms with Gasteiger partial charge in [-0.15, -0.1) is 0 Å². The molecule has 2 bridgehead atoms. The number of likely N-dealkylation sites (N-methyl/N-ethyl adjacent to an activating group) is 1. The molecule has 37 heavy (non-hydrogen) atoms. The van der Waals surface area contributed by atoms with E-state index >= 15 is 0 Å². The van der Waals surface area contributed by atoms with Gasteiger partial charge < -0.3 is 34.3 Å². The van der Waals surface area contributed by atoms with Gasteiger partial charge in [0, 0.05) is 57.7 Å². The van der Waals surface area contributed by atoms with E-state index in [4.69, 9.17) is 14.2 Å². The fourth-order valence-corrected chi connectivity index (χ4v) is 4.63. The van der Waals surface area contributed by atoms with Crippen LogP contribution in [0.15, 0.2) is 30.7 Å². The Morgan fingerprint density at radius 1 is 1.11 bits per heavy atom. The minimum atomic E-state index is -0.0715. The van der Waals surface area contributed by atoms with E-state index in [1.165, 1.54) is 0 Å². The monoisotopic (exact) mass is 509 g/mol. The predicted molar refractivity (Wildman–Crippen MR) is 140 cm³/mol. The zero-order valence-corrected chi connectivity index (χ0v) is 21.5. The molecule has 0 radical (unpaired) electrons. The summed E-state index contributed by atoms with van der Waals surface area (Å²) >= 11 is 0. The topological polar surface area (TPSA) is 108 Å². The van der Waals surface area contributed by atoms with Crippen LogP contribution >= 0.6 is 0 Å². The number of aromatic nitrogens is 3. The van der Waals surface area contributed by atoms with Crippen LogP contribution in [-0.4, -0.2) is 109 Å². The van der Waals surface area contributed by atoms with E-state index in [0.29, 0.717) is 30.5 Å². The molecule has 198 valence electrons. The number of carbonyl (C=O) groups is 1. The summed E-state index contributed by atoms with van der Waals surface area (Å²) in [5.41, 5.74) is 2.67. The highest BCUT2D eigenvalue weighted by Crippen LogP contribution is 2.33. The molecule has 3 aromatic rings. The van der Waals surface area contributed by atoms with Crippen LogP contribution in [0.2, 0.25) is 0 Å². The number of aromatic amines is 1. The number of amides is 1. The van der Waals surface area contributed by atoms with Crippen molar-refractivity contribution in [3.05, 3.63) is 36.3 Å². The summed E-state index contributed by atoms with van der Waals surface area (Å²) in [6.45, 7) is 6.80. The van der Waals surface area contributed by atoms with E-state index in [-0.39, 0.29) is 12.5 Å². The lowest BCUT2D eigenvalue weighted by Crippen LogP contribution is -2.38. The zero-order valence-electron chi connectivity index (χ0n) is 21.5. The summed E-state index contributed by atoms with van der Waals surface area (Å²) < 4.78 is 17.5. The Kier molecular flexibility index (Phi) is 8.02. The lowest BCUT2D eigenvalue weighted by Gasteiger charge is -2.26. The molecule has 0 atom stereocenters. The number of ether oxygens (including phenoxy) is 3. The average Bonchev–Trinajstić information content (AvgIpc) is 3.31. The van der Waals surface area contributed by atoms with E-state index in [1.54, 1.807) is 11.2 Å². The van der Waals surface area contributed by atoms with Gasteiger partial charge >= 0.3 is 0 Å². The second-order valence-corrected chi connectivity index (χ2v) is 9.54. The quantitative estimate of drug-likeness (QED) is 0.547. The van der Waals surface area contributed by atoms with Crippen LogP contribution in [0.5, 0.6) is 11.5 Å². The van der Waals surface area contributed by atoms with Crippen LogP contribution in [0.4, 0.5) is 11.5 Å². The van der Waals surface area contributed by atoms with E-state index < -0.39 is 0 Å². The molecule has 2 aliphatic rings. The number of hydrogen-bond acceptors (Lipinski definition) is 9. The molecular weight excluding hydrogens is 474 g/mol. The van der Waals surface area contributed by atoms with Gasteiger partial charge in [-0.2, -0.15) is 0 Å². The van der Waals surface area contributed by atoms with Crippen LogP contribution in [0.1, 0.15) is 12.0 Å².